The number of nitrogens with zero attached hydrogens (tertiary/aromatic N) is 15. The Bertz CT molecular complexity index is 9960. The number of hydrogen-bond donors (Lipinski definition) is 0. The van der Waals surface area contributed by atoms with Crippen LogP contribution in [0.15, 0.2) is 449 Å². The fraction of sp³-hybridized carbons (Fsp3) is 0.0752. The molecular formula is C133H99N15. The molecule has 19 aromatic carbocycles. The molecule has 0 aliphatic heterocycles. The van der Waals surface area contributed by atoms with Gasteiger partial charge in [0.15, 0.2) is 0 Å². The topological polar surface area (TPSA) is 146 Å². The zero-order valence-electron chi connectivity index (χ0n) is 82.5. The monoisotopic (exact) mass is 1910 g/mol. The maximum atomic E-state index is 5.30. The van der Waals surface area contributed by atoms with Gasteiger partial charge in [-0.2, -0.15) is 0 Å². The smallest absolute Gasteiger partial charge is 0.145 e. The Kier molecular flexibility index (Phi) is 22.7. The molecular weight excluding hydrogens is 1810 g/mol. The Labute approximate surface area is 855 Å². The summed E-state index contributed by atoms with van der Waals surface area (Å²) in [6, 6.07) is 158. The van der Waals surface area contributed by atoms with E-state index in [0.29, 0.717) is 0 Å². The molecule has 0 fully saturated rings. The highest BCUT2D eigenvalue weighted by atomic mass is 15.1. The first-order chi connectivity index (χ1) is 73.2. The predicted molar refractivity (Wildman–Crippen MR) is 611 cm³/mol. The standard InChI is InChI=1S/C47H33N5.2C43H33N5/c1-2-43-50-46-42(51(43)35-15-7-4-8-16-35)30-29-38-37-17-9-10-18-39(37)48-45(44(38)46)33-23-21-31(22-24-33)32-25-27-36(28-26-32)52-41-20-12-11-19-40(41)49-47(52)34-13-5-3-6-14-34;1-3-39-46-42-38(48(39)32-15-6-5-7-16-32)26-25-34-33-17-8-9-18-35(33)44-41(40(34)42)29-23-21-28(22-24-29)30-13-12-14-31(27-30)43-45-36-19-10-11-20-37(36)47(43)4-2;1-3-39-46-42-38(48(39)32-12-6-5-7-13-32)27-26-34-33-14-8-9-15-35(33)44-41(40(34)42)30-22-18-28(19-23-30)29-20-24-31(25-21-29)43-45-36-16-10-11-17-37(36)47(43)4-2/h3-30H,2H2,1H3;2*5-27H,3-4H2,1-2H3. The summed E-state index contributed by atoms with van der Waals surface area (Å²) in [5, 5.41) is 10.2. The second-order valence-electron chi connectivity index (χ2n) is 37.6. The largest absolute Gasteiger partial charge is 0.324 e. The summed E-state index contributed by atoms with van der Waals surface area (Å²) in [6.45, 7) is 12.6. The van der Waals surface area contributed by atoms with Crippen LogP contribution in [0.3, 0.4) is 0 Å². The van der Waals surface area contributed by atoms with Crippen molar-refractivity contribution in [3.05, 3.63) is 466 Å². The number of para-hydroxylation sites is 12. The maximum Gasteiger partial charge on any atom is 0.145 e. The van der Waals surface area contributed by atoms with Gasteiger partial charge in [0.2, 0.25) is 0 Å². The van der Waals surface area contributed by atoms with E-state index in [1.165, 1.54) is 16.3 Å². The zero-order valence-corrected chi connectivity index (χ0v) is 82.5. The van der Waals surface area contributed by atoms with E-state index in [1.54, 1.807) is 0 Å². The van der Waals surface area contributed by atoms with Crippen LogP contribution in [0, 0.1) is 0 Å². The highest BCUT2D eigenvalue weighted by molar-refractivity contribution is 6.23. The number of rotatable bonds is 18. The molecule has 28 rings (SSSR count). The molecule has 15 nitrogen and oxygen atoms in total. The number of aryl methyl sites for hydroxylation is 5. The lowest BCUT2D eigenvalue weighted by Gasteiger charge is -2.13. The van der Waals surface area contributed by atoms with Gasteiger partial charge in [-0.05, 0) is 191 Å². The average molecular weight is 1910 g/mol. The minimum Gasteiger partial charge on any atom is -0.324 e. The van der Waals surface area contributed by atoms with Crippen LogP contribution in [0.25, 0.3) is 255 Å². The molecule has 706 valence electrons. The normalized spacial score (nSPS) is 11.7. The van der Waals surface area contributed by atoms with Gasteiger partial charge >= 0.3 is 0 Å². The number of pyridine rings is 3. The highest BCUT2D eigenvalue weighted by Crippen LogP contribution is 2.46. The second-order valence-corrected chi connectivity index (χ2v) is 37.6. The second kappa shape index (κ2) is 37.7. The van der Waals surface area contributed by atoms with E-state index in [9.17, 15) is 0 Å². The Morgan fingerprint density at radius 1 is 0.169 bits per heavy atom. The van der Waals surface area contributed by atoms with Crippen molar-refractivity contribution in [2.75, 3.05) is 0 Å². The minimum absolute atomic E-state index is 0.819. The summed E-state index contributed by atoms with van der Waals surface area (Å²) >= 11 is 0. The number of imidazole rings is 6. The summed E-state index contributed by atoms with van der Waals surface area (Å²) in [5.74, 6) is 6.04. The first kappa shape index (κ1) is 89.1. The molecule has 0 spiro atoms. The third kappa shape index (κ3) is 15.6. The van der Waals surface area contributed by atoms with E-state index in [1.807, 2.05) is 24.3 Å². The fourth-order valence-electron chi connectivity index (χ4n) is 22.0. The van der Waals surface area contributed by atoms with E-state index in [-0.39, 0.29) is 0 Å². The molecule has 9 heterocycles. The van der Waals surface area contributed by atoms with Gasteiger partial charge in [0, 0.05) is 121 Å². The molecule has 28 aromatic rings. The van der Waals surface area contributed by atoms with Crippen LogP contribution < -0.4 is 0 Å². The quantitative estimate of drug-likeness (QED) is 0.0766. The Morgan fingerprint density at radius 2 is 0.439 bits per heavy atom. The van der Waals surface area contributed by atoms with Crippen LogP contribution in [0.1, 0.15) is 52.1 Å². The first-order valence-corrected chi connectivity index (χ1v) is 51.1. The lowest BCUT2D eigenvalue weighted by molar-refractivity contribution is 0.796. The summed E-state index contributed by atoms with van der Waals surface area (Å²) in [5.41, 5.74) is 36.3. The first-order valence-electron chi connectivity index (χ1n) is 51.1. The average Bonchev–Trinajstić information content (AvgIpc) is 1.52. The van der Waals surface area contributed by atoms with Crippen molar-refractivity contribution >= 4 is 131 Å². The molecule has 0 aliphatic rings. The van der Waals surface area contributed by atoms with E-state index in [4.69, 9.17) is 44.9 Å². The third-order valence-corrected chi connectivity index (χ3v) is 29.1. The molecule has 9 aromatic heterocycles. The zero-order chi connectivity index (χ0) is 99.0. The van der Waals surface area contributed by atoms with Crippen molar-refractivity contribution in [1.82, 2.24) is 72.3 Å². The maximum absolute atomic E-state index is 5.30. The number of hydrogen-bond acceptors (Lipinski definition) is 9. The van der Waals surface area contributed by atoms with Gasteiger partial charge in [-0.25, -0.2) is 44.9 Å². The SMILES string of the molecule is CCc1nc2c3c(-c4ccc(-c5ccc(-c6nc7ccccc7n6CC)cc5)cc4)nc4ccccc4c3ccc2n1-c1ccccc1.CCc1nc2c3c(-c4ccc(-c5ccc(-n6c(-c7ccccc7)nc7ccccc76)cc5)cc4)nc4ccccc4c3ccc2n1-c1ccccc1.CCc1nc2c3c(-c4ccc(-c5cccc(-c6nc7ccccc7n6CC)c5)cc4)nc4ccccc4c3ccc2n1-c1ccccc1. The van der Waals surface area contributed by atoms with Gasteiger partial charge < -0.3 is 9.13 Å². The molecule has 0 amide bonds. The van der Waals surface area contributed by atoms with Gasteiger partial charge in [0.1, 0.15) is 34.9 Å². The third-order valence-electron chi connectivity index (χ3n) is 29.1. The van der Waals surface area contributed by atoms with Crippen LogP contribution in [0.4, 0.5) is 0 Å². The van der Waals surface area contributed by atoms with Crippen LogP contribution in [-0.4, -0.2) is 72.3 Å². The fourth-order valence-corrected chi connectivity index (χ4v) is 22.0. The van der Waals surface area contributed by atoms with Gasteiger partial charge in [0.05, 0.1) is 99.8 Å². The predicted octanol–water partition coefficient (Wildman–Crippen LogP) is 32.9. The van der Waals surface area contributed by atoms with Crippen LogP contribution >= 0.6 is 0 Å². The lowest BCUT2D eigenvalue weighted by Crippen LogP contribution is -1.99. The van der Waals surface area contributed by atoms with Gasteiger partial charge in [-0.3, -0.25) is 18.3 Å². The number of fused-ring (bicyclic) bond motifs is 18. The van der Waals surface area contributed by atoms with Crippen molar-refractivity contribution in [2.45, 2.75) is 67.0 Å². The van der Waals surface area contributed by atoms with Crippen molar-refractivity contribution in [2.24, 2.45) is 0 Å². The minimum atomic E-state index is 0.819. The molecule has 0 atom stereocenters. The van der Waals surface area contributed by atoms with Gasteiger partial charge in [-0.1, -0.05) is 342 Å². The van der Waals surface area contributed by atoms with E-state index in [0.717, 1.165) is 289 Å². The molecule has 0 unspecified atom stereocenters. The molecule has 0 radical (unpaired) electrons. The van der Waals surface area contributed by atoms with E-state index in [2.05, 4.69) is 487 Å². The molecule has 148 heavy (non-hydrogen) atoms. The number of benzene rings is 19. The van der Waals surface area contributed by atoms with Crippen molar-refractivity contribution in [1.29, 1.82) is 0 Å². The van der Waals surface area contributed by atoms with Crippen molar-refractivity contribution in [3.8, 4) is 124 Å². The van der Waals surface area contributed by atoms with E-state index >= 15 is 0 Å². The van der Waals surface area contributed by atoms with Crippen molar-refractivity contribution < 1.29 is 0 Å². The van der Waals surface area contributed by atoms with Crippen LogP contribution in [0.5, 0.6) is 0 Å². The molecule has 0 saturated heterocycles. The van der Waals surface area contributed by atoms with Gasteiger partial charge in [0.25, 0.3) is 0 Å². The lowest BCUT2D eigenvalue weighted by atomic mass is 9.96. The molecule has 0 N–H and O–H groups in total. The molecule has 0 aliphatic carbocycles. The van der Waals surface area contributed by atoms with Gasteiger partial charge in [-0.15, -0.1) is 0 Å². The van der Waals surface area contributed by atoms with Crippen LogP contribution in [-0.2, 0) is 32.4 Å². The summed E-state index contributed by atoms with van der Waals surface area (Å²) in [7, 11) is 0. The molecule has 0 bridgehead atoms. The Hall–Kier alpha value is -19.0. The van der Waals surface area contributed by atoms with Crippen LogP contribution in [0.2, 0.25) is 0 Å². The summed E-state index contributed by atoms with van der Waals surface area (Å²) in [6.07, 6.45) is 2.47. The van der Waals surface area contributed by atoms with E-state index < -0.39 is 0 Å². The van der Waals surface area contributed by atoms with Crippen molar-refractivity contribution in [3.63, 3.8) is 0 Å². The molecule has 0 saturated carbocycles. The Morgan fingerprint density at radius 3 is 0.811 bits per heavy atom. The summed E-state index contributed by atoms with van der Waals surface area (Å²) in [4.78, 5) is 46.7. The highest BCUT2D eigenvalue weighted by Gasteiger charge is 2.27. The number of aromatic nitrogens is 15. The summed E-state index contributed by atoms with van der Waals surface area (Å²) < 4.78 is 13.7. The molecule has 15 heteroatoms. The Balaban J connectivity index is 0.000000112.